The third kappa shape index (κ3) is 2.54. The Morgan fingerprint density at radius 2 is 2.00 bits per heavy atom. The van der Waals surface area contributed by atoms with Gasteiger partial charge in [0.1, 0.15) is 12.1 Å². The van der Waals surface area contributed by atoms with Crippen molar-refractivity contribution < 1.29 is 0 Å². The summed E-state index contributed by atoms with van der Waals surface area (Å²) in [5.41, 5.74) is 8.27. The van der Waals surface area contributed by atoms with Crippen molar-refractivity contribution in [1.82, 2.24) is 14.9 Å². The molecule has 4 rings (SSSR count). The van der Waals surface area contributed by atoms with E-state index < -0.39 is 0 Å². The zero-order valence-corrected chi connectivity index (χ0v) is 13.2. The van der Waals surface area contributed by atoms with E-state index in [1.807, 2.05) is 0 Å². The van der Waals surface area contributed by atoms with E-state index in [0.717, 1.165) is 16.8 Å². The van der Waals surface area contributed by atoms with E-state index in [0.29, 0.717) is 5.82 Å². The minimum Gasteiger partial charge on any atom is -0.382 e. The molecule has 0 amide bonds. The molecule has 0 radical (unpaired) electrons. The Morgan fingerprint density at radius 3 is 2.81 bits per heavy atom. The van der Waals surface area contributed by atoms with Crippen molar-refractivity contribution in [1.29, 1.82) is 0 Å². The first kappa shape index (κ1) is 13.2. The van der Waals surface area contributed by atoms with Crippen LogP contribution in [0.4, 0.5) is 5.82 Å². The average molecular weight is 316 g/mol. The van der Waals surface area contributed by atoms with Crippen LogP contribution < -0.4 is 5.73 Å². The number of anilines is 1. The third-order valence-corrected chi connectivity index (χ3v) is 6.16. The Balaban J connectivity index is 1.62. The van der Waals surface area contributed by atoms with Crippen molar-refractivity contribution in [3.05, 3.63) is 29.4 Å². The zero-order valence-electron chi connectivity index (χ0n) is 11.6. The highest BCUT2D eigenvalue weighted by atomic mass is 32.1. The van der Waals surface area contributed by atoms with Crippen molar-refractivity contribution in [2.75, 3.05) is 18.8 Å². The molecule has 1 aliphatic heterocycles. The Bertz CT molecular complexity index is 771. The minimum absolute atomic E-state index is 0.574. The first-order valence-electron chi connectivity index (χ1n) is 7.10. The molecule has 108 valence electrons. The Hall–Kier alpha value is -1.50. The van der Waals surface area contributed by atoms with Crippen LogP contribution in [-0.2, 0) is 6.54 Å². The number of hydrogen-bond acceptors (Lipinski definition) is 6. The zero-order chi connectivity index (χ0) is 14.2. The average Bonchev–Trinajstić information content (AvgIpc) is 3.18. The molecular weight excluding hydrogens is 300 g/mol. The fraction of sp³-hybridized carbons (Fsp3) is 0.333. The molecule has 2 N–H and O–H groups in total. The normalized spacial score (nSPS) is 16.0. The van der Waals surface area contributed by atoms with Gasteiger partial charge in [-0.3, -0.25) is 4.90 Å². The molecule has 1 saturated heterocycles. The van der Waals surface area contributed by atoms with Crippen LogP contribution in [0.1, 0.15) is 18.4 Å². The maximum absolute atomic E-state index is 5.92. The van der Waals surface area contributed by atoms with Gasteiger partial charge in [-0.1, -0.05) is 0 Å². The molecule has 4 nitrogen and oxygen atoms in total. The highest BCUT2D eigenvalue weighted by Gasteiger charge is 2.14. The summed E-state index contributed by atoms with van der Waals surface area (Å²) >= 11 is 3.48. The predicted molar refractivity (Wildman–Crippen MR) is 89.7 cm³/mol. The summed E-state index contributed by atoms with van der Waals surface area (Å²) in [4.78, 5) is 13.4. The van der Waals surface area contributed by atoms with Crippen LogP contribution in [0, 0.1) is 0 Å². The fourth-order valence-corrected chi connectivity index (χ4v) is 4.79. The van der Waals surface area contributed by atoms with Crippen LogP contribution in [0.5, 0.6) is 0 Å². The lowest BCUT2D eigenvalue weighted by Gasteiger charge is -2.12. The van der Waals surface area contributed by atoms with E-state index in [-0.39, 0.29) is 0 Å². The number of thiophene rings is 2. The molecule has 3 aromatic heterocycles. The molecule has 1 fully saturated rings. The lowest BCUT2D eigenvalue weighted by atomic mass is 10.2. The molecule has 21 heavy (non-hydrogen) atoms. The molecule has 0 saturated carbocycles. The second-order valence-electron chi connectivity index (χ2n) is 5.39. The van der Waals surface area contributed by atoms with E-state index >= 15 is 0 Å². The summed E-state index contributed by atoms with van der Waals surface area (Å²) in [6.07, 6.45) is 4.21. The number of likely N-dealkylation sites (tertiary alicyclic amines) is 1. The SMILES string of the molecule is Nc1ncnc2cc(-c3cc(CN4CCCC4)cs3)sc12. The van der Waals surface area contributed by atoms with Crippen LogP contribution in [-0.4, -0.2) is 28.0 Å². The van der Waals surface area contributed by atoms with Gasteiger partial charge in [-0.2, -0.15) is 0 Å². The van der Waals surface area contributed by atoms with Crippen molar-refractivity contribution in [3.8, 4) is 9.75 Å². The highest BCUT2D eigenvalue weighted by molar-refractivity contribution is 7.26. The van der Waals surface area contributed by atoms with Crippen LogP contribution >= 0.6 is 22.7 Å². The Labute approximate surface area is 131 Å². The molecule has 1 aliphatic rings. The summed E-state index contributed by atoms with van der Waals surface area (Å²) in [6.45, 7) is 3.55. The maximum Gasteiger partial charge on any atom is 0.144 e. The summed E-state index contributed by atoms with van der Waals surface area (Å²) < 4.78 is 0.988. The van der Waals surface area contributed by atoms with Crippen molar-refractivity contribution in [3.63, 3.8) is 0 Å². The lowest BCUT2D eigenvalue weighted by Crippen LogP contribution is -2.17. The summed E-state index contributed by atoms with van der Waals surface area (Å²) in [5.74, 6) is 0.574. The molecule has 0 bridgehead atoms. The van der Waals surface area contributed by atoms with Gasteiger partial charge in [0.15, 0.2) is 0 Å². The summed E-state index contributed by atoms with van der Waals surface area (Å²) in [5, 5.41) is 2.27. The number of nitrogens with zero attached hydrogens (tertiary/aromatic N) is 3. The summed E-state index contributed by atoms with van der Waals surface area (Å²) in [6, 6.07) is 4.42. The molecular formula is C15H16N4S2. The van der Waals surface area contributed by atoms with Crippen LogP contribution in [0.25, 0.3) is 20.0 Å². The van der Waals surface area contributed by atoms with E-state index in [9.17, 15) is 0 Å². The second kappa shape index (κ2) is 5.36. The monoisotopic (exact) mass is 316 g/mol. The second-order valence-corrected chi connectivity index (χ2v) is 7.35. The molecule has 0 aliphatic carbocycles. The van der Waals surface area contributed by atoms with Gasteiger partial charge in [0.2, 0.25) is 0 Å². The summed E-state index contributed by atoms with van der Waals surface area (Å²) in [7, 11) is 0. The van der Waals surface area contributed by atoms with Crippen molar-refractivity contribution in [2.24, 2.45) is 0 Å². The first-order valence-corrected chi connectivity index (χ1v) is 8.79. The molecule has 3 aromatic rings. The molecule has 0 unspecified atom stereocenters. The van der Waals surface area contributed by atoms with E-state index in [2.05, 4.69) is 32.4 Å². The van der Waals surface area contributed by atoms with Crippen molar-refractivity contribution >= 4 is 38.7 Å². The number of hydrogen-bond donors (Lipinski definition) is 1. The Kier molecular flexibility index (Phi) is 3.37. The minimum atomic E-state index is 0.574. The number of nitrogen functional groups attached to an aromatic ring is 1. The topological polar surface area (TPSA) is 55.0 Å². The van der Waals surface area contributed by atoms with E-state index in [4.69, 9.17) is 5.73 Å². The standard InChI is InChI=1S/C15H16N4S2/c16-15-14-11(17-9-18-15)6-13(21-14)12-5-10(8-20-12)7-19-3-1-2-4-19/h5-6,8-9H,1-4,7H2,(H2,16,17,18). The van der Waals surface area contributed by atoms with Crippen LogP contribution in [0.15, 0.2) is 23.8 Å². The number of rotatable bonds is 3. The molecule has 0 atom stereocenters. The number of fused-ring (bicyclic) bond motifs is 1. The molecule has 6 heteroatoms. The quantitative estimate of drug-likeness (QED) is 0.802. The number of nitrogens with two attached hydrogens (primary N) is 1. The fourth-order valence-electron chi connectivity index (χ4n) is 2.78. The molecule has 0 aromatic carbocycles. The Morgan fingerprint density at radius 1 is 1.14 bits per heavy atom. The van der Waals surface area contributed by atoms with Crippen molar-refractivity contribution in [2.45, 2.75) is 19.4 Å². The van der Waals surface area contributed by atoms with Gasteiger partial charge in [0, 0.05) is 16.3 Å². The van der Waals surface area contributed by atoms with Gasteiger partial charge in [-0.25, -0.2) is 9.97 Å². The predicted octanol–water partition coefficient (Wildman–Crippen LogP) is 3.60. The maximum atomic E-state index is 5.92. The molecule has 0 spiro atoms. The van der Waals surface area contributed by atoms with Gasteiger partial charge in [0.05, 0.1) is 10.2 Å². The first-order chi connectivity index (χ1) is 10.3. The van der Waals surface area contributed by atoms with Crippen LogP contribution in [0.2, 0.25) is 0 Å². The van der Waals surface area contributed by atoms with Gasteiger partial charge in [-0.05, 0) is 49.0 Å². The van der Waals surface area contributed by atoms with E-state index in [1.54, 1.807) is 22.7 Å². The molecule has 4 heterocycles. The number of aromatic nitrogens is 2. The van der Waals surface area contributed by atoms with Gasteiger partial charge in [0.25, 0.3) is 0 Å². The van der Waals surface area contributed by atoms with Gasteiger partial charge >= 0.3 is 0 Å². The van der Waals surface area contributed by atoms with Gasteiger partial charge < -0.3 is 5.73 Å². The van der Waals surface area contributed by atoms with E-state index in [1.165, 1.54) is 47.6 Å². The largest absolute Gasteiger partial charge is 0.382 e. The van der Waals surface area contributed by atoms with Crippen LogP contribution in [0.3, 0.4) is 0 Å². The highest BCUT2D eigenvalue weighted by Crippen LogP contribution is 2.37. The smallest absolute Gasteiger partial charge is 0.144 e. The third-order valence-electron chi connectivity index (χ3n) is 3.84. The lowest BCUT2D eigenvalue weighted by molar-refractivity contribution is 0.332. The van der Waals surface area contributed by atoms with Gasteiger partial charge in [-0.15, -0.1) is 22.7 Å².